The maximum atomic E-state index is 12.7. The van der Waals surface area contributed by atoms with Crippen molar-refractivity contribution in [1.29, 1.82) is 0 Å². The van der Waals surface area contributed by atoms with Gasteiger partial charge in [0.25, 0.3) is 11.8 Å². The SMILES string of the molecule is CN(C)c1ccc(C(=O)N2CCN(C(=O)c3cccc(Br)c3)CC2)cc1. The van der Waals surface area contributed by atoms with E-state index in [0.717, 1.165) is 10.2 Å². The molecule has 1 fully saturated rings. The van der Waals surface area contributed by atoms with Crippen LogP contribution in [-0.2, 0) is 0 Å². The molecule has 26 heavy (non-hydrogen) atoms. The van der Waals surface area contributed by atoms with Crippen LogP contribution in [0.25, 0.3) is 0 Å². The minimum atomic E-state index is 0.00809. The van der Waals surface area contributed by atoms with E-state index in [1.165, 1.54) is 0 Å². The van der Waals surface area contributed by atoms with Gasteiger partial charge in [0.2, 0.25) is 0 Å². The number of carbonyl (C=O) groups excluding carboxylic acids is 2. The first kappa shape index (κ1) is 18.5. The Kier molecular flexibility index (Phi) is 5.61. The molecule has 1 aliphatic heterocycles. The third-order valence-electron chi connectivity index (χ3n) is 4.56. The molecule has 0 aliphatic carbocycles. The molecule has 136 valence electrons. The van der Waals surface area contributed by atoms with E-state index >= 15 is 0 Å². The predicted molar refractivity (Wildman–Crippen MR) is 107 cm³/mol. The Bertz CT molecular complexity index is 797. The number of nitrogens with zero attached hydrogens (tertiary/aromatic N) is 3. The summed E-state index contributed by atoms with van der Waals surface area (Å²) in [6.45, 7) is 2.20. The Hall–Kier alpha value is -2.34. The van der Waals surface area contributed by atoms with Crippen LogP contribution in [0.5, 0.6) is 0 Å². The summed E-state index contributed by atoms with van der Waals surface area (Å²) in [4.78, 5) is 30.9. The van der Waals surface area contributed by atoms with Gasteiger partial charge in [0.1, 0.15) is 0 Å². The molecule has 2 aromatic rings. The second-order valence-corrected chi connectivity index (χ2v) is 7.45. The van der Waals surface area contributed by atoms with Gasteiger partial charge in [-0.05, 0) is 42.5 Å². The van der Waals surface area contributed by atoms with Crippen LogP contribution in [0.3, 0.4) is 0 Å². The summed E-state index contributed by atoms with van der Waals surface area (Å²) in [5, 5.41) is 0. The summed E-state index contributed by atoms with van der Waals surface area (Å²) in [5.41, 5.74) is 2.41. The normalized spacial score (nSPS) is 14.3. The molecule has 6 heteroatoms. The Balaban J connectivity index is 1.61. The highest BCUT2D eigenvalue weighted by molar-refractivity contribution is 9.10. The van der Waals surface area contributed by atoms with E-state index in [4.69, 9.17) is 0 Å². The molecule has 5 nitrogen and oxygen atoms in total. The zero-order chi connectivity index (χ0) is 18.7. The van der Waals surface area contributed by atoms with Crippen molar-refractivity contribution in [2.75, 3.05) is 45.2 Å². The zero-order valence-electron chi connectivity index (χ0n) is 15.0. The minimum absolute atomic E-state index is 0.00809. The number of carbonyl (C=O) groups is 2. The minimum Gasteiger partial charge on any atom is -0.378 e. The molecule has 0 unspecified atom stereocenters. The van der Waals surface area contributed by atoms with Crippen LogP contribution in [0, 0.1) is 0 Å². The molecular weight excluding hydrogens is 394 g/mol. The molecule has 3 rings (SSSR count). The van der Waals surface area contributed by atoms with Gasteiger partial charge in [0.05, 0.1) is 0 Å². The van der Waals surface area contributed by atoms with Gasteiger partial charge in [-0.2, -0.15) is 0 Å². The lowest BCUT2D eigenvalue weighted by atomic mass is 10.1. The lowest BCUT2D eigenvalue weighted by Crippen LogP contribution is -2.50. The Morgan fingerprint density at radius 2 is 1.38 bits per heavy atom. The average Bonchev–Trinajstić information content (AvgIpc) is 2.67. The van der Waals surface area contributed by atoms with Crippen molar-refractivity contribution in [2.24, 2.45) is 0 Å². The molecule has 2 amide bonds. The van der Waals surface area contributed by atoms with E-state index in [1.54, 1.807) is 4.90 Å². The first-order valence-corrected chi connectivity index (χ1v) is 9.36. The van der Waals surface area contributed by atoms with E-state index < -0.39 is 0 Å². The molecule has 0 spiro atoms. The average molecular weight is 416 g/mol. The smallest absolute Gasteiger partial charge is 0.254 e. The fraction of sp³-hybridized carbons (Fsp3) is 0.300. The number of benzene rings is 2. The van der Waals surface area contributed by atoms with Gasteiger partial charge in [0, 0.05) is 61.6 Å². The number of hydrogen-bond donors (Lipinski definition) is 0. The second-order valence-electron chi connectivity index (χ2n) is 6.54. The van der Waals surface area contributed by atoms with Crippen molar-refractivity contribution < 1.29 is 9.59 Å². The highest BCUT2D eigenvalue weighted by Crippen LogP contribution is 2.17. The Labute approximate surface area is 162 Å². The molecule has 0 saturated carbocycles. The Morgan fingerprint density at radius 1 is 0.846 bits per heavy atom. The lowest BCUT2D eigenvalue weighted by molar-refractivity contribution is 0.0535. The van der Waals surface area contributed by atoms with Crippen molar-refractivity contribution in [3.8, 4) is 0 Å². The largest absolute Gasteiger partial charge is 0.378 e. The topological polar surface area (TPSA) is 43.9 Å². The highest BCUT2D eigenvalue weighted by atomic mass is 79.9. The highest BCUT2D eigenvalue weighted by Gasteiger charge is 2.25. The quantitative estimate of drug-likeness (QED) is 0.773. The van der Waals surface area contributed by atoms with Crippen LogP contribution in [0.1, 0.15) is 20.7 Å². The van der Waals surface area contributed by atoms with Crippen LogP contribution in [0.4, 0.5) is 5.69 Å². The Morgan fingerprint density at radius 3 is 1.88 bits per heavy atom. The fourth-order valence-corrected chi connectivity index (χ4v) is 3.40. The maximum Gasteiger partial charge on any atom is 0.254 e. The summed E-state index contributed by atoms with van der Waals surface area (Å²) >= 11 is 3.40. The number of rotatable bonds is 3. The molecule has 0 N–H and O–H groups in total. The number of hydrogen-bond acceptors (Lipinski definition) is 3. The van der Waals surface area contributed by atoms with E-state index in [0.29, 0.717) is 37.3 Å². The van der Waals surface area contributed by atoms with E-state index in [2.05, 4.69) is 15.9 Å². The predicted octanol–water partition coefficient (Wildman–Crippen LogP) is 3.11. The molecule has 0 bridgehead atoms. The lowest BCUT2D eigenvalue weighted by Gasteiger charge is -2.35. The van der Waals surface area contributed by atoms with Crippen LogP contribution < -0.4 is 4.90 Å². The molecule has 0 aromatic heterocycles. The number of anilines is 1. The summed E-state index contributed by atoms with van der Waals surface area (Å²) in [7, 11) is 3.94. The number of piperazine rings is 1. The van der Waals surface area contributed by atoms with Gasteiger partial charge in [0.15, 0.2) is 0 Å². The van der Waals surface area contributed by atoms with E-state index in [9.17, 15) is 9.59 Å². The van der Waals surface area contributed by atoms with Gasteiger partial charge in [-0.25, -0.2) is 0 Å². The summed E-state index contributed by atoms with van der Waals surface area (Å²) in [6.07, 6.45) is 0. The van der Waals surface area contributed by atoms with Gasteiger partial charge in [-0.3, -0.25) is 9.59 Å². The van der Waals surface area contributed by atoms with Gasteiger partial charge in [-0.15, -0.1) is 0 Å². The molecule has 0 radical (unpaired) electrons. The van der Waals surface area contributed by atoms with Gasteiger partial charge >= 0.3 is 0 Å². The zero-order valence-corrected chi connectivity index (χ0v) is 16.6. The van der Waals surface area contributed by atoms with Crippen molar-refractivity contribution in [3.63, 3.8) is 0 Å². The molecule has 1 saturated heterocycles. The maximum absolute atomic E-state index is 12.7. The summed E-state index contributed by atoms with van der Waals surface area (Å²) < 4.78 is 0.887. The van der Waals surface area contributed by atoms with Crippen LogP contribution in [0.2, 0.25) is 0 Å². The first-order chi connectivity index (χ1) is 12.5. The second kappa shape index (κ2) is 7.91. The first-order valence-electron chi connectivity index (χ1n) is 8.57. The summed E-state index contributed by atoms with van der Waals surface area (Å²) in [6, 6.07) is 15.0. The molecule has 2 aromatic carbocycles. The molecule has 1 aliphatic rings. The third kappa shape index (κ3) is 4.07. The number of halogens is 1. The van der Waals surface area contributed by atoms with E-state index in [-0.39, 0.29) is 11.8 Å². The van der Waals surface area contributed by atoms with Gasteiger partial charge < -0.3 is 14.7 Å². The van der Waals surface area contributed by atoms with Crippen molar-refractivity contribution in [3.05, 3.63) is 64.1 Å². The summed E-state index contributed by atoms with van der Waals surface area (Å²) in [5.74, 6) is 0.0265. The standard InChI is InChI=1S/C20H22BrN3O2/c1-22(2)18-8-6-15(7-9-18)19(25)23-10-12-24(13-11-23)20(26)16-4-3-5-17(21)14-16/h3-9,14H,10-13H2,1-2H3. The monoisotopic (exact) mass is 415 g/mol. The molecule has 1 heterocycles. The van der Waals surface area contributed by atoms with Crippen molar-refractivity contribution in [2.45, 2.75) is 0 Å². The van der Waals surface area contributed by atoms with E-state index in [1.807, 2.05) is 72.4 Å². The van der Waals surface area contributed by atoms with Crippen molar-refractivity contribution >= 4 is 33.4 Å². The van der Waals surface area contributed by atoms with Crippen LogP contribution in [0.15, 0.2) is 53.0 Å². The molecular formula is C20H22BrN3O2. The van der Waals surface area contributed by atoms with Crippen molar-refractivity contribution in [1.82, 2.24) is 9.80 Å². The third-order valence-corrected chi connectivity index (χ3v) is 5.05. The van der Waals surface area contributed by atoms with Crippen LogP contribution in [-0.4, -0.2) is 61.9 Å². The van der Waals surface area contributed by atoms with Crippen LogP contribution >= 0.6 is 15.9 Å². The number of amides is 2. The fourth-order valence-electron chi connectivity index (χ4n) is 3.00. The molecule has 0 atom stereocenters. The van der Waals surface area contributed by atoms with Gasteiger partial charge in [-0.1, -0.05) is 22.0 Å².